The Labute approximate surface area is 127 Å². The predicted molar refractivity (Wildman–Crippen MR) is 86.3 cm³/mol. The SMILES string of the molecule is CCC1CCC(NC(=O)C2CCc3ccccc3N2)C1C. The van der Waals surface area contributed by atoms with E-state index in [1.807, 2.05) is 6.07 Å². The van der Waals surface area contributed by atoms with E-state index in [1.165, 1.54) is 18.4 Å². The molecule has 3 heteroatoms. The van der Waals surface area contributed by atoms with Gasteiger partial charge in [0, 0.05) is 11.7 Å². The summed E-state index contributed by atoms with van der Waals surface area (Å²) in [6.07, 6.45) is 5.49. The van der Waals surface area contributed by atoms with E-state index in [0.29, 0.717) is 12.0 Å². The van der Waals surface area contributed by atoms with Crippen LogP contribution in [-0.2, 0) is 11.2 Å². The van der Waals surface area contributed by atoms with Gasteiger partial charge in [-0.3, -0.25) is 4.79 Å². The van der Waals surface area contributed by atoms with Crippen LogP contribution < -0.4 is 10.6 Å². The van der Waals surface area contributed by atoms with E-state index in [1.54, 1.807) is 0 Å². The highest BCUT2D eigenvalue weighted by molar-refractivity contribution is 5.85. The minimum absolute atomic E-state index is 0.0761. The number of rotatable bonds is 3. The van der Waals surface area contributed by atoms with E-state index in [9.17, 15) is 4.79 Å². The fourth-order valence-corrected chi connectivity index (χ4v) is 3.95. The number of benzene rings is 1. The summed E-state index contributed by atoms with van der Waals surface area (Å²) in [6, 6.07) is 8.58. The number of hydrogen-bond acceptors (Lipinski definition) is 2. The fourth-order valence-electron chi connectivity index (χ4n) is 3.95. The Hall–Kier alpha value is -1.51. The molecule has 4 unspecified atom stereocenters. The van der Waals surface area contributed by atoms with Crippen molar-refractivity contribution >= 4 is 11.6 Å². The summed E-state index contributed by atoms with van der Waals surface area (Å²) < 4.78 is 0. The van der Waals surface area contributed by atoms with E-state index in [0.717, 1.165) is 30.9 Å². The first-order valence-corrected chi connectivity index (χ1v) is 8.34. The van der Waals surface area contributed by atoms with Gasteiger partial charge in [0.05, 0.1) is 0 Å². The van der Waals surface area contributed by atoms with Crippen LogP contribution in [0.5, 0.6) is 0 Å². The minimum Gasteiger partial charge on any atom is -0.373 e. The minimum atomic E-state index is -0.0761. The molecule has 0 spiro atoms. The molecule has 2 N–H and O–H groups in total. The Kier molecular flexibility index (Phi) is 4.18. The second-order valence-corrected chi connectivity index (χ2v) is 6.61. The number of hydrogen-bond donors (Lipinski definition) is 2. The van der Waals surface area contributed by atoms with Crippen molar-refractivity contribution in [2.45, 2.75) is 58.0 Å². The molecule has 0 bridgehead atoms. The van der Waals surface area contributed by atoms with Crippen molar-refractivity contribution < 1.29 is 4.79 Å². The number of amides is 1. The van der Waals surface area contributed by atoms with Gasteiger partial charge in [0.2, 0.25) is 5.91 Å². The Balaban J connectivity index is 1.60. The lowest BCUT2D eigenvalue weighted by Crippen LogP contribution is -2.47. The normalized spacial score (nSPS) is 31.3. The van der Waals surface area contributed by atoms with E-state index in [-0.39, 0.29) is 11.9 Å². The van der Waals surface area contributed by atoms with Gasteiger partial charge in [0.25, 0.3) is 0 Å². The summed E-state index contributed by atoms with van der Waals surface area (Å²) in [5.41, 5.74) is 2.44. The summed E-state index contributed by atoms with van der Waals surface area (Å²) >= 11 is 0. The molecule has 1 aromatic carbocycles. The maximum absolute atomic E-state index is 12.5. The Morgan fingerprint density at radius 3 is 2.86 bits per heavy atom. The topological polar surface area (TPSA) is 41.1 Å². The van der Waals surface area contributed by atoms with Crippen molar-refractivity contribution in [3.8, 4) is 0 Å². The molecule has 0 radical (unpaired) electrons. The number of anilines is 1. The van der Waals surface area contributed by atoms with Crippen LogP contribution in [0, 0.1) is 11.8 Å². The van der Waals surface area contributed by atoms with Crippen LogP contribution >= 0.6 is 0 Å². The van der Waals surface area contributed by atoms with Gasteiger partial charge < -0.3 is 10.6 Å². The molecule has 3 rings (SSSR count). The van der Waals surface area contributed by atoms with Crippen LogP contribution in [0.25, 0.3) is 0 Å². The lowest BCUT2D eigenvalue weighted by atomic mass is 9.93. The van der Waals surface area contributed by atoms with E-state index in [2.05, 4.69) is 42.7 Å². The number of fused-ring (bicyclic) bond motifs is 1. The maximum atomic E-state index is 12.5. The molecule has 114 valence electrons. The monoisotopic (exact) mass is 286 g/mol. The second-order valence-electron chi connectivity index (χ2n) is 6.61. The van der Waals surface area contributed by atoms with Crippen molar-refractivity contribution in [3.05, 3.63) is 29.8 Å². The van der Waals surface area contributed by atoms with Crippen molar-refractivity contribution in [2.75, 3.05) is 5.32 Å². The smallest absolute Gasteiger partial charge is 0.242 e. The molecule has 1 saturated carbocycles. The maximum Gasteiger partial charge on any atom is 0.242 e. The van der Waals surface area contributed by atoms with Crippen molar-refractivity contribution in [3.63, 3.8) is 0 Å². The van der Waals surface area contributed by atoms with E-state index >= 15 is 0 Å². The molecular formula is C18H26N2O. The molecule has 0 aromatic heterocycles. The molecule has 21 heavy (non-hydrogen) atoms. The van der Waals surface area contributed by atoms with Crippen LogP contribution in [0.4, 0.5) is 5.69 Å². The van der Waals surface area contributed by atoms with Gasteiger partial charge in [0.1, 0.15) is 6.04 Å². The van der Waals surface area contributed by atoms with E-state index < -0.39 is 0 Å². The summed E-state index contributed by atoms with van der Waals surface area (Å²) in [4.78, 5) is 12.5. The van der Waals surface area contributed by atoms with Gasteiger partial charge in [-0.15, -0.1) is 0 Å². The largest absolute Gasteiger partial charge is 0.373 e. The van der Waals surface area contributed by atoms with Gasteiger partial charge in [-0.05, 0) is 49.1 Å². The Morgan fingerprint density at radius 1 is 1.29 bits per heavy atom. The van der Waals surface area contributed by atoms with Crippen LogP contribution in [-0.4, -0.2) is 18.0 Å². The third kappa shape index (κ3) is 2.92. The van der Waals surface area contributed by atoms with Gasteiger partial charge in [-0.25, -0.2) is 0 Å². The second kappa shape index (κ2) is 6.08. The van der Waals surface area contributed by atoms with Gasteiger partial charge in [0.15, 0.2) is 0 Å². The zero-order valence-corrected chi connectivity index (χ0v) is 13.1. The molecule has 1 aliphatic heterocycles. The van der Waals surface area contributed by atoms with Crippen LogP contribution in [0.2, 0.25) is 0 Å². The first-order chi connectivity index (χ1) is 10.2. The standard InChI is InChI=1S/C18H26N2O/c1-3-13-8-10-15(12(13)2)20-18(21)17-11-9-14-6-4-5-7-16(14)19-17/h4-7,12-13,15,17,19H,3,8-11H2,1-2H3,(H,20,21). The summed E-state index contributed by atoms with van der Waals surface area (Å²) in [7, 11) is 0. The highest BCUT2D eigenvalue weighted by Gasteiger charge is 2.34. The summed E-state index contributed by atoms with van der Waals surface area (Å²) in [5, 5.41) is 6.69. The molecule has 4 atom stereocenters. The number of aryl methyl sites for hydroxylation is 1. The van der Waals surface area contributed by atoms with Crippen molar-refractivity contribution in [2.24, 2.45) is 11.8 Å². The predicted octanol–water partition coefficient (Wildman–Crippen LogP) is 3.35. The van der Waals surface area contributed by atoms with Gasteiger partial charge in [-0.1, -0.05) is 38.5 Å². The zero-order valence-electron chi connectivity index (χ0n) is 13.1. The van der Waals surface area contributed by atoms with Crippen LogP contribution in [0.1, 0.15) is 45.1 Å². The molecule has 1 heterocycles. The number of nitrogens with one attached hydrogen (secondary N) is 2. The molecule has 2 aliphatic rings. The fraction of sp³-hybridized carbons (Fsp3) is 0.611. The highest BCUT2D eigenvalue weighted by atomic mass is 16.2. The highest BCUT2D eigenvalue weighted by Crippen LogP contribution is 2.34. The Bertz CT molecular complexity index is 514. The lowest BCUT2D eigenvalue weighted by Gasteiger charge is -2.28. The number of carbonyl (C=O) groups excluding carboxylic acids is 1. The summed E-state index contributed by atoms with van der Waals surface area (Å²) in [6.45, 7) is 4.54. The van der Waals surface area contributed by atoms with Gasteiger partial charge in [-0.2, -0.15) is 0 Å². The molecule has 1 aromatic rings. The number of para-hydroxylation sites is 1. The lowest BCUT2D eigenvalue weighted by molar-refractivity contribution is -0.123. The third-order valence-electron chi connectivity index (χ3n) is 5.44. The zero-order chi connectivity index (χ0) is 14.8. The quantitative estimate of drug-likeness (QED) is 0.894. The van der Waals surface area contributed by atoms with Gasteiger partial charge >= 0.3 is 0 Å². The molecular weight excluding hydrogens is 260 g/mol. The average molecular weight is 286 g/mol. The third-order valence-corrected chi connectivity index (χ3v) is 5.44. The molecule has 0 saturated heterocycles. The molecule has 1 fully saturated rings. The first-order valence-electron chi connectivity index (χ1n) is 8.34. The molecule has 1 aliphatic carbocycles. The average Bonchev–Trinajstić information content (AvgIpc) is 2.87. The Morgan fingerprint density at radius 2 is 2.10 bits per heavy atom. The molecule has 3 nitrogen and oxygen atoms in total. The van der Waals surface area contributed by atoms with Crippen molar-refractivity contribution in [1.82, 2.24) is 5.32 Å². The molecule has 1 amide bonds. The van der Waals surface area contributed by atoms with E-state index in [4.69, 9.17) is 0 Å². The summed E-state index contributed by atoms with van der Waals surface area (Å²) in [5.74, 6) is 1.56. The first kappa shape index (κ1) is 14.4. The number of carbonyl (C=O) groups is 1. The van der Waals surface area contributed by atoms with Crippen LogP contribution in [0.3, 0.4) is 0 Å². The van der Waals surface area contributed by atoms with Crippen molar-refractivity contribution in [1.29, 1.82) is 0 Å². The van der Waals surface area contributed by atoms with Crippen LogP contribution in [0.15, 0.2) is 24.3 Å².